The van der Waals surface area contributed by atoms with Crippen LogP contribution in [0.3, 0.4) is 0 Å². The average Bonchev–Trinajstić information content (AvgIpc) is 2.95. The van der Waals surface area contributed by atoms with Gasteiger partial charge in [-0.1, -0.05) is 11.6 Å². The van der Waals surface area contributed by atoms with E-state index in [0.717, 1.165) is 4.88 Å². The minimum absolute atomic E-state index is 0.173. The van der Waals surface area contributed by atoms with Crippen LogP contribution in [0.2, 0.25) is 4.34 Å². The number of amides is 1. The number of aliphatic hydroxyl groups excluding tert-OH is 1. The first kappa shape index (κ1) is 12.6. The van der Waals surface area contributed by atoms with Gasteiger partial charge in [-0.25, -0.2) is 0 Å². The Morgan fingerprint density at radius 3 is 2.88 bits per heavy atom. The monoisotopic (exact) mass is 287 g/mol. The van der Waals surface area contributed by atoms with E-state index < -0.39 is 6.10 Å². The van der Waals surface area contributed by atoms with Gasteiger partial charge in [0.1, 0.15) is 6.10 Å². The summed E-state index contributed by atoms with van der Waals surface area (Å²) in [4.78, 5) is 12.4. The average molecular weight is 288 g/mol. The van der Waals surface area contributed by atoms with Crippen molar-refractivity contribution in [1.29, 1.82) is 0 Å². The summed E-state index contributed by atoms with van der Waals surface area (Å²) >= 11 is 8.54. The number of nitrogens with one attached hydrogen (secondary N) is 1. The molecule has 1 unspecified atom stereocenters. The summed E-state index contributed by atoms with van der Waals surface area (Å²) in [5.41, 5.74) is 0.617. The summed E-state index contributed by atoms with van der Waals surface area (Å²) in [7, 11) is 0. The van der Waals surface area contributed by atoms with Crippen LogP contribution in [0.4, 0.5) is 0 Å². The number of thiophene rings is 2. The third-order valence-corrected chi connectivity index (χ3v) is 4.18. The molecule has 0 radical (unpaired) electrons. The summed E-state index contributed by atoms with van der Waals surface area (Å²) in [5.74, 6) is -0.173. The van der Waals surface area contributed by atoms with E-state index in [2.05, 4.69) is 5.32 Å². The Bertz CT molecular complexity index is 495. The minimum Gasteiger partial charge on any atom is -0.386 e. The fourth-order valence-electron chi connectivity index (χ4n) is 1.29. The highest BCUT2D eigenvalue weighted by molar-refractivity contribution is 7.16. The Morgan fingerprint density at radius 2 is 2.29 bits per heavy atom. The van der Waals surface area contributed by atoms with Crippen LogP contribution >= 0.6 is 34.3 Å². The highest BCUT2D eigenvalue weighted by Gasteiger charge is 2.12. The van der Waals surface area contributed by atoms with Crippen LogP contribution in [0.1, 0.15) is 21.3 Å². The first-order chi connectivity index (χ1) is 8.16. The van der Waals surface area contributed by atoms with Crippen molar-refractivity contribution in [3.63, 3.8) is 0 Å². The Labute approximate surface area is 112 Å². The van der Waals surface area contributed by atoms with Gasteiger partial charge in [0, 0.05) is 22.4 Å². The zero-order valence-electron chi connectivity index (χ0n) is 8.72. The maximum Gasteiger partial charge on any atom is 0.252 e. The molecule has 90 valence electrons. The van der Waals surface area contributed by atoms with Gasteiger partial charge in [-0.2, -0.15) is 11.3 Å². The van der Waals surface area contributed by atoms with E-state index in [-0.39, 0.29) is 12.5 Å². The van der Waals surface area contributed by atoms with E-state index in [0.29, 0.717) is 9.90 Å². The second-order valence-electron chi connectivity index (χ2n) is 3.38. The van der Waals surface area contributed by atoms with Crippen LogP contribution in [0, 0.1) is 0 Å². The molecule has 2 aromatic rings. The second-order valence-corrected chi connectivity index (χ2v) is 5.91. The molecule has 0 bridgehead atoms. The fourth-order valence-corrected chi connectivity index (χ4v) is 2.98. The number of halogens is 1. The van der Waals surface area contributed by atoms with Crippen molar-refractivity contribution in [2.24, 2.45) is 0 Å². The van der Waals surface area contributed by atoms with Gasteiger partial charge in [-0.15, -0.1) is 11.3 Å². The van der Waals surface area contributed by atoms with Crippen molar-refractivity contribution in [3.8, 4) is 0 Å². The highest BCUT2D eigenvalue weighted by atomic mass is 35.5. The third kappa shape index (κ3) is 3.29. The van der Waals surface area contributed by atoms with Crippen molar-refractivity contribution in [1.82, 2.24) is 5.32 Å². The Morgan fingerprint density at radius 1 is 1.47 bits per heavy atom. The first-order valence-electron chi connectivity index (χ1n) is 4.90. The number of carbonyl (C=O) groups excluding carboxylic acids is 1. The number of hydrogen-bond acceptors (Lipinski definition) is 4. The summed E-state index contributed by atoms with van der Waals surface area (Å²) in [6.07, 6.45) is -0.713. The van der Waals surface area contributed by atoms with Crippen molar-refractivity contribution in [3.05, 3.63) is 43.7 Å². The quantitative estimate of drug-likeness (QED) is 0.908. The van der Waals surface area contributed by atoms with Crippen LogP contribution in [-0.2, 0) is 0 Å². The molecular weight excluding hydrogens is 278 g/mol. The van der Waals surface area contributed by atoms with Gasteiger partial charge >= 0.3 is 0 Å². The van der Waals surface area contributed by atoms with Gasteiger partial charge in [-0.3, -0.25) is 4.79 Å². The molecule has 0 saturated carbocycles. The predicted octanol–water partition coefficient (Wildman–Crippen LogP) is 2.93. The molecule has 2 heterocycles. The largest absolute Gasteiger partial charge is 0.386 e. The van der Waals surface area contributed by atoms with Gasteiger partial charge in [0.15, 0.2) is 0 Å². The molecule has 0 fully saturated rings. The Kier molecular flexibility index (Phi) is 4.17. The number of hydrogen-bond donors (Lipinski definition) is 2. The molecule has 0 saturated heterocycles. The molecule has 6 heteroatoms. The predicted molar refractivity (Wildman–Crippen MR) is 70.9 cm³/mol. The standard InChI is InChI=1S/C11H10ClNO2S2/c12-10-2-1-9(17-10)8(14)5-13-11(15)7-3-4-16-6-7/h1-4,6,8,14H,5H2,(H,13,15). The molecule has 0 aliphatic heterocycles. The number of aliphatic hydroxyl groups is 1. The zero-order chi connectivity index (χ0) is 12.3. The van der Waals surface area contributed by atoms with E-state index in [9.17, 15) is 9.90 Å². The van der Waals surface area contributed by atoms with Crippen molar-refractivity contribution in [2.75, 3.05) is 6.54 Å². The van der Waals surface area contributed by atoms with Crippen molar-refractivity contribution < 1.29 is 9.90 Å². The lowest BCUT2D eigenvalue weighted by atomic mass is 10.2. The SMILES string of the molecule is O=C(NCC(O)c1ccc(Cl)s1)c1ccsc1. The first-order valence-corrected chi connectivity index (χ1v) is 7.04. The summed E-state index contributed by atoms with van der Waals surface area (Å²) < 4.78 is 0.628. The number of rotatable bonds is 4. The molecule has 0 aliphatic carbocycles. The molecule has 1 atom stereocenters. The molecule has 2 rings (SSSR count). The lowest BCUT2D eigenvalue weighted by Crippen LogP contribution is -2.27. The lowest BCUT2D eigenvalue weighted by Gasteiger charge is -2.09. The molecule has 0 spiro atoms. The molecular formula is C11H10ClNO2S2. The maximum absolute atomic E-state index is 11.6. The summed E-state index contributed by atoms with van der Waals surface area (Å²) in [6.45, 7) is 0.186. The van der Waals surface area contributed by atoms with Crippen molar-refractivity contribution in [2.45, 2.75) is 6.10 Å². The van der Waals surface area contributed by atoms with Crippen molar-refractivity contribution >= 4 is 40.2 Å². The Balaban J connectivity index is 1.88. The summed E-state index contributed by atoms with van der Waals surface area (Å²) in [5, 5.41) is 16.1. The fraction of sp³-hybridized carbons (Fsp3) is 0.182. The molecule has 17 heavy (non-hydrogen) atoms. The Hall–Kier alpha value is -0.880. The molecule has 1 amide bonds. The smallest absolute Gasteiger partial charge is 0.252 e. The van der Waals surface area contributed by atoms with Gasteiger partial charge in [0.05, 0.1) is 4.34 Å². The lowest BCUT2D eigenvalue weighted by molar-refractivity contribution is 0.0918. The highest BCUT2D eigenvalue weighted by Crippen LogP contribution is 2.26. The van der Waals surface area contributed by atoms with E-state index >= 15 is 0 Å². The molecule has 0 aliphatic rings. The third-order valence-electron chi connectivity index (χ3n) is 2.16. The van der Waals surface area contributed by atoms with Gasteiger partial charge in [0.2, 0.25) is 0 Å². The van der Waals surface area contributed by atoms with Crippen LogP contribution < -0.4 is 5.32 Å². The van der Waals surface area contributed by atoms with E-state index in [4.69, 9.17) is 11.6 Å². The van der Waals surface area contributed by atoms with Crippen LogP contribution in [0.5, 0.6) is 0 Å². The molecule has 0 aromatic carbocycles. The zero-order valence-corrected chi connectivity index (χ0v) is 11.1. The van der Waals surface area contributed by atoms with E-state index in [1.807, 2.05) is 5.38 Å². The number of carbonyl (C=O) groups is 1. The van der Waals surface area contributed by atoms with Crippen LogP contribution in [0.15, 0.2) is 29.0 Å². The normalized spacial score (nSPS) is 12.4. The molecule has 2 N–H and O–H groups in total. The molecule has 3 nitrogen and oxygen atoms in total. The maximum atomic E-state index is 11.6. The van der Waals surface area contributed by atoms with Gasteiger partial charge in [0.25, 0.3) is 5.91 Å². The van der Waals surface area contributed by atoms with E-state index in [1.54, 1.807) is 23.6 Å². The van der Waals surface area contributed by atoms with E-state index in [1.165, 1.54) is 22.7 Å². The van der Waals surface area contributed by atoms with Gasteiger partial charge < -0.3 is 10.4 Å². The summed E-state index contributed by atoms with van der Waals surface area (Å²) in [6, 6.07) is 5.23. The van der Waals surface area contributed by atoms with Crippen LogP contribution in [0.25, 0.3) is 0 Å². The topological polar surface area (TPSA) is 49.3 Å². The second kappa shape index (κ2) is 5.64. The van der Waals surface area contributed by atoms with Crippen LogP contribution in [-0.4, -0.2) is 17.6 Å². The minimum atomic E-state index is -0.713. The van der Waals surface area contributed by atoms with Gasteiger partial charge in [-0.05, 0) is 23.6 Å². The molecule has 2 aromatic heterocycles.